The third kappa shape index (κ3) is 2.77. The second-order valence-corrected chi connectivity index (χ2v) is 5.43. The molecule has 0 radical (unpaired) electrons. The van der Waals surface area contributed by atoms with Crippen LogP contribution in [0.4, 0.5) is 5.69 Å². The molecular formula is C17H20N2O. The molecule has 3 nitrogen and oxygen atoms in total. The Balaban J connectivity index is 1.86. The van der Waals surface area contributed by atoms with Crippen molar-refractivity contribution in [1.82, 2.24) is 4.98 Å². The van der Waals surface area contributed by atoms with Crippen molar-refractivity contribution in [2.75, 3.05) is 12.4 Å². The van der Waals surface area contributed by atoms with E-state index in [4.69, 9.17) is 4.74 Å². The maximum atomic E-state index is 5.33. The third-order valence-electron chi connectivity index (χ3n) is 3.81. The van der Waals surface area contributed by atoms with Crippen LogP contribution >= 0.6 is 0 Å². The Morgan fingerprint density at radius 1 is 1.20 bits per heavy atom. The van der Waals surface area contributed by atoms with E-state index in [1.165, 1.54) is 24.0 Å². The van der Waals surface area contributed by atoms with E-state index in [1.807, 2.05) is 12.1 Å². The van der Waals surface area contributed by atoms with Crippen molar-refractivity contribution in [3.63, 3.8) is 0 Å². The molecule has 1 aliphatic carbocycles. The first-order chi connectivity index (χ1) is 9.78. The molecule has 1 aliphatic rings. The van der Waals surface area contributed by atoms with Crippen LogP contribution in [0, 0.1) is 12.8 Å². The zero-order valence-corrected chi connectivity index (χ0v) is 12.0. The number of hydrogen-bond acceptors (Lipinski definition) is 3. The van der Waals surface area contributed by atoms with E-state index in [9.17, 15) is 0 Å². The van der Waals surface area contributed by atoms with Crippen molar-refractivity contribution >= 4 is 5.69 Å². The lowest BCUT2D eigenvalue weighted by molar-refractivity contribution is 0.399. The minimum atomic E-state index is 0.341. The Morgan fingerprint density at radius 2 is 1.95 bits per heavy atom. The average Bonchev–Trinajstić information content (AvgIpc) is 3.31. The predicted octanol–water partition coefficient (Wildman–Crippen LogP) is 3.96. The van der Waals surface area contributed by atoms with Crippen LogP contribution in [0.15, 0.2) is 42.6 Å². The van der Waals surface area contributed by atoms with Crippen LogP contribution in [0.2, 0.25) is 0 Å². The van der Waals surface area contributed by atoms with Gasteiger partial charge in [0.05, 0.1) is 18.8 Å². The second-order valence-electron chi connectivity index (χ2n) is 5.43. The Bertz CT molecular complexity index is 576. The van der Waals surface area contributed by atoms with Crippen LogP contribution in [0.1, 0.15) is 30.0 Å². The van der Waals surface area contributed by atoms with Gasteiger partial charge in [-0.15, -0.1) is 0 Å². The van der Waals surface area contributed by atoms with Gasteiger partial charge in [0, 0.05) is 6.20 Å². The second kappa shape index (κ2) is 5.53. The molecule has 1 aromatic carbocycles. The summed E-state index contributed by atoms with van der Waals surface area (Å²) in [5.41, 5.74) is 3.60. The van der Waals surface area contributed by atoms with Gasteiger partial charge >= 0.3 is 0 Å². The summed E-state index contributed by atoms with van der Waals surface area (Å²) in [5.74, 6) is 1.37. The van der Waals surface area contributed by atoms with Gasteiger partial charge in [-0.2, -0.15) is 0 Å². The largest absolute Gasteiger partial charge is 0.480 e. The van der Waals surface area contributed by atoms with Crippen molar-refractivity contribution in [1.29, 1.82) is 0 Å². The summed E-state index contributed by atoms with van der Waals surface area (Å²) >= 11 is 0. The molecule has 0 aliphatic heterocycles. The molecule has 1 aromatic heterocycles. The Kier molecular flexibility index (Phi) is 3.59. The van der Waals surface area contributed by atoms with Gasteiger partial charge in [0.1, 0.15) is 0 Å². The number of pyridine rings is 1. The Morgan fingerprint density at radius 3 is 2.60 bits per heavy atom. The van der Waals surface area contributed by atoms with E-state index in [0.29, 0.717) is 17.8 Å². The lowest BCUT2D eigenvalue weighted by Gasteiger charge is -2.21. The molecule has 0 saturated heterocycles. The first-order valence-electron chi connectivity index (χ1n) is 7.10. The zero-order valence-electron chi connectivity index (χ0n) is 12.0. The molecular weight excluding hydrogens is 248 g/mol. The molecule has 0 spiro atoms. The number of methoxy groups -OCH3 is 1. The number of benzene rings is 1. The van der Waals surface area contributed by atoms with Crippen LogP contribution < -0.4 is 10.1 Å². The van der Waals surface area contributed by atoms with E-state index in [1.54, 1.807) is 13.3 Å². The summed E-state index contributed by atoms with van der Waals surface area (Å²) in [6.07, 6.45) is 4.32. The number of aromatic nitrogens is 1. The monoisotopic (exact) mass is 268 g/mol. The molecule has 3 heteroatoms. The van der Waals surface area contributed by atoms with Gasteiger partial charge in [0.15, 0.2) is 0 Å². The van der Waals surface area contributed by atoms with Crippen molar-refractivity contribution in [3.8, 4) is 5.88 Å². The van der Waals surface area contributed by atoms with Gasteiger partial charge in [0.2, 0.25) is 5.88 Å². The highest BCUT2D eigenvalue weighted by Crippen LogP contribution is 2.43. The Hall–Kier alpha value is -2.03. The summed E-state index contributed by atoms with van der Waals surface area (Å²) < 4.78 is 5.33. The lowest BCUT2D eigenvalue weighted by Crippen LogP contribution is -2.13. The van der Waals surface area contributed by atoms with E-state index in [-0.39, 0.29) is 0 Å². The highest BCUT2D eigenvalue weighted by atomic mass is 16.5. The minimum Gasteiger partial charge on any atom is -0.480 e. The van der Waals surface area contributed by atoms with Crippen molar-refractivity contribution in [3.05, 3.63) is 53.7 Å². The fourth-order valence-electron chi connectivity index (χ4n) is 2.51. The molecule has 1 fully saturated rings. The molecule has 1 N–H and O–H groups in total. The average molecular weight is 268 g/mol. The highest BCUT2D eigenvalue weighted by Gasteiger charge is 2.32. The number of nitrogens with zero attached hydrogens (tertiary/aromatic N) is 1. The maximum absolute atomic E-state index is 5.33. The van der Waals surface area contributed by atoms with Crippen LogP contribution in [0.5, 0.6) is 5.88 Å². The van der Waals surface area contributed by atoms with Gasteiger partial charge in [-0.3, -0.25) is 0 Å². The zero-order chi connectivity index (χ0) is 13.9. The topological polar surface area (TPSA) is 34.1 Å². The molecule has 3 rings (SSSR count). The summed E-state index contributed by atoms with van der Waals surface area (Å²) in [6, 6.07) is 13.1. The smallest absolute Gasteiger partial charge is 0.237 e. The molecule has 1 unspecified atom stereocenters. The molecule has 1 atom stereocenters. The Labute approximate surface area is 120 Å². The van der Waals surface area contributed by atoms with Crippen LogP contribution in [-0.4, -0.2) is 12.1 Å². The minimum absolute atomic E-state index is 0.341. The standard InChI is InChI=1S/C17H20N2O/c1-12-5-7-13(8-6-12)16(14-9-10-14)19-15-4-3-11-18-17(15)20-2/h3-8,11,14,16,19H,9-10H2,1-2H3. The number of rotatable bonds is 5. The number of anilines is 1. The molecule has 20 heavy (non-hydrogen) atoms. The van der Waals surface area contributed by atoms with Crippen LogP contribution in [0.25, 0.3) is 0 Å². The van der Waals surface area contributed by atoms with Crippen LogP contribution in [-0.2, 0) is 0 Å². The number of ether oxygens (including phenoxy) is 1. The van der Waals surface area contributed by atoms with E-state index in [2.05, 4.69) is 41.5 Å². The van der Waals surface area contributed by atoms with E-state index >= 15 is 0 Å². The van der Waals surface area contributed by atoms with E-state index < -0.39 is 0 Å². The highest BCUT2D eigenvalue weighted by molar-refractivity contribution is 5.54. The normalized spacial score (nSPS) is 15.7. The first kappa shape index (κ1) is 13.0. The summed E-state index contributed by atoms with van der Waals surface area (Å²) in [5, 5.41) is 3.61. The van der Waals surface area contributed by atoms with Crippen molar-refractivity contribution in [2.45, 2.75) is 25.8 Å². The van der Waals surface area contributed by atoms with Crippen molar-refractivity contribution in [2.24, 2.45) is 5.92 Å². The molecule has 0 amide bonds. The first-order valence-corrected chi connectivity index (χ1v) is 7.10. The quantitative estimate of drug-likeness (QED) is 0.891. The van der Waals surface area contributed by atoms with Crippen LogP contribution in [0.3, 0.4) is 0 Å². The fraction of sp³-hybridized carbons (Fsp3) is 0.353. The van der Waals surface area contributed by atoms with Crippen molar-refractivity contribution < 1.29 is 4.74 Å². The summed E-state index contributed by atoms with van der Waals surface area (Å²) in [7, 11) is 1.66. The molecule has 0 bridgehead atoms. The van der Waals surface area contributed by atoms with Gasteiger partial charge in [-0.25, -0.2) is 4.98 Å². The third-order valence-corrected chi connectivity index (χ3v) is 3.81. The maximum Gasteiger partial charge on any atom is 0.237 e. The predicted molar refractivity (Wildman–Crippen MR) is 81.1 cm³/mol. The number of nitrogens with one attached hydrogen (secondary N) is 1. The summed E-state index contributed by atoms with van der Waals surface area (Å²) in [6.45, 7) is 2.12. The number of hydrogen-bond donors (Lipinski definition) is 1. The molecule has 1 saturated carbocycles. The fourth-order valence-corrected chi connectivity index (χ4v) is 2.51. The summed E-state index contributed by atoms with van der Waals surface area (Å²) in [4.78, 5) is 4.25. The van der Waals surface area contributed by atoms with Gasteiger partial charge in [-0.05, 0) is 43.4 Å². The van der Waals surface area contributed by atoms with Gasteiger partial charge in [0.25, 0.3) is 0 Å². The molecule has 2 aromatic rings. The lowest BCUT2D eigenvalue weighted by atomic mass is 10.0. The SMILES string of the molecule is COc1ncccc1NC(c1ccc(C)cc1)C1CC1. The van der Waals surface area contributed by atoms with Gasteiger partial charge in [-0.1, -0.05) is 29.8 Å². The van der Waals surface area contributed by atoms with Gasteiger partial charge < -0.3 is 10.1 Å². The molecule has 1 heterocycles. The van der Waals surface area contributed by atoms with E-state index in [0.717, 1.165) is 5.69 Å². The molecule has 104 valence electrons. The number of aryl methyl sites for hydroxylation is 1.